The summed E-state index contributed by atoms with van der Waals surface area (Å²) in [7, 11) is 0. The summed E-state index contributed by atoms with van der Waals surface area (Å²) < 4.78 is 0.941. The molecule has 0 aliphatic carbocycles. The molecule has 2 rings (SSSR count). The Kier molecular flexibility index (Phi) is 4.98. The Balaban J connectivity index is 2.23. The third kappa shape index (κ3) is 4.05. The number of nitro benzene ring substituents is 1. The molecule has 0 saturated carbocycles. The lowest BCUT2D eigenvalue weighted by molar-refractivity contribution is -0.387. The smallest absolute Gasteiger partial charge is 0.335 e. The maximum absolute atomic E-state index is 11.1. The summed E-state index contributed by atoms with van der Waals surface area (Å²) in [5.41, 5.74) is 0.745. The normalized spacial score (nSPS) is 10.3. The van der Waals surface area contributed by atoms with Crippen LogP contribution in [0.4, 0.5) is 5.69 Å². The van der Waals surface area contributed by atoms with Crippen LogP contribution in [0.1, 0.15) is 15.9 Å². The zero-order valence-electron chi connectivity index (χ0n) is 10.7. The Morgan fingerprint density at radius 3 is 2.67 bits per heavy atom. The molecular weight excluding hydrogens is 358 g/mol. The Morgan fingerprint density at radius 2 is 2.05 bits per heavy atom. The fourth-order valence-corrected chi connectivity index (χ4v) is 3.10. The number of carbonyl (C=O) groups is 1. The highest BCUT2D eigenvalue weighted by molar-refractivity contribution is 9.10. The fraction of sp³-hybridized carbons (Fsp3) is 0.0714. The van der Waals surface area contributed by atoms with E-state index in [1.54, 1.807) is 0 Å². The van der Waals surface area contributed by atoms with Crippen LogP contribution in [0.5, 0.6) is 0 Å². The standard InChI is InChI=1S/C14H10BrNO4S/c15-11-3-1-2-9(6-11)8-21-13-5-4-10(14(17)18)7-12(13)16(19)20/h1-7H,8H2,(H,17,18). The van der Waals surface area contributed by atoms with E-state index >= 15 is 0 Å². The molecule has 0 saturated heterocycles. The van der Waals surface area contributed by atoms with Crippen molar-refractivity contribution >= 4 is 39.3 Å². The van der Waals surface area contributed by atoms with Crippen LogP contribution >= 0.6 is 27.7 Å². The summed E-state index contributed by atoms with van der Waals surface area (Å²) in [5, 5.41) is 19.9. The molecule has 0 unspecified atom stereocenters. The first-order valence-corrected chi connectivity index (χ1v) is 7.64. The quantitative estimate of drug-likeness (QED) is 0.482. The molecule has 0 heterocycles. The van der Waals surface area contributed by atoms with Gasteiger partial charge in [-0.15, -0.1) is 11.8 Å². The lowest BCUT2D eigenvalue weighted by atomic mass is 10.2. The van der Waals surface area contributed by atoms with E-state index in [1.165, 1.54) is 23.9 Å². The van der Waals surface area contributed by atoms with E-state index < -0.39 is 10.9 Å². The highest BCUT2D eigenvalue weighted by Crippen LogP contribution is 2.32. The maximum Gasteiger partial charge on any atom is 0.335 e. The third-order valence-electron chi connectivity index (χ3n) is 2.69. The summed E-state index contributed by atoms with van der Waals surface area (Å²) in [5.74, 6) is -0.617. The van der Waals surface area contributed by atoms with Gasteiger partial charge in [0.2, 0.25) is 0 Å². The van der Waals surface area contributed by atoms with E-state index in [0.29, 0.717) is 10.6 Å². The Labute approximate surface area is 133 Å². The largest absolute Gasteiger partial charge is 0.478 e. The molecule has 0 amide bonds. The van der Waals surface area contributed by atoms with E-state index in [4.69, 9.17) is 5.11 Å². The molecule has 0 aromatic heterocycles. The van der Waals surface area contributed by atoms with Crippen molar-refractivity contribution in [2.24, 2.45) is 0 Å². The van der Waals surface area contributed by atoms with Gasteiger partial charge in [-0.05, 0) is 29.8 Å². The number of carboxylic acids is 1. The number of nitro groups is 1. The van der Waals surface area contributed by atoms with Crippen LogP contribution in [0.25, 0.3) is 0 Å². The number of nitrogens with zero attached hydrogens (tertiary/aromatic N) is 1. The molecule has 2 aromatic rings. The van der Waals surface area contributed by atoms with Crippen molar-refractivity contribution in [1.82, 2.24) is 0 Å². The van der Waals surface area contributed by atoms with Crippen LogP contribution in [0, 0.1) is 10.1 Å². The average Bonchev–Trinajstić information content (AvgIpc) is 2.44. The maximum atomic E-state index is 11.1. The van der Waals surface area contributed by atoms with Crippen molar-refractivity contribution in [2.45, 2.75) is 10.6 Å². The van der Waals surface area contributed by atoms with Gasteiger partial charge >= 0.3 is 5.97 Å². The highest BCUT2D eigenvalue weighted by Gasteiger charge is 2.17. The molecule has 0 spiro atoms. The second-order valence-electron chi connectivity index (χ2n) is 4.16. The first kappa shape index (κ1) is 15.5. The molecular formula is C14H10BrNO4S. The summed E-state index contributed by atoms with van der Waals surface area (Å²) in [6.07, 6.45) is 0. The average molecular weight is 368 g/mol. The van der Waals surface area contributed by atoms with Crippen molar-refractivity contribution in [2.75, 3.05) is 0 Å². The number of aromatic carboxylic acids is 1. The van der Waals surface area contributed by atoms with Crippen LogP contribution in [0.3, 0.4) is 0 Å². The third-order valence-corrected chi connectivity index (χ3v) is 4.31. The minimum absolute atomic E-state index is 0.0893. The minimum atomic E-state index is -1.18. The first-order valence-electron chi connectivity index (χ1n) is 5.86. The molecule has 108 valence electrons. The fourth-order valence-electron chi connectivity index (χ4n) is 1.70. The molecule has 1 N–H and O–H groups in total. The molecule has 0 bridgehead atoms. The molecule has 21 heavy (non-hydrogen) atoms. The Hall–Kier alpha value is -1.86. The van der Waals surface area contributed by atoms with Crippen molar-refractivity contribution in [3.05, 3.63) is 68.2 Å². The molecule has 0 radical (unpaired) electrons. The topological polar surface area (TPSA) is 80.4 Å². The van der Waals surface area contributed by atoms with Gasteiger partial charge in [0.25, 0.3) is 5.69 Å². The Morgan fingerprint density at radius 1 is 1.29 bits per heavy atom. The summed E-state index contributed by atoms with van der Waals surface area (Å²) in [6.45, 7) is 0. The monoisotopic (exact) mass is 367 g/mol. The van der Waals surface area contributed by atoms with E-state index in [2.05, 4.69) is 15.9 Å². The van der Waals surface area contributed by atoms with Gasteiger partial charge in [0.1, 0.15) is 0 Å². The highest BCUT2D eigenvalue weighted by atomic mass is 79.9. The SMILES string of the molecule is O=C(O)c1ccc(SCc2cccc(Br)c2)c([N+](=O)[O-])c1. The van der Waals surface area contributed by atoms with Crippen LogP contribution in [0.15, 0.2) is 51.8 Å². The van der Waals surface area contributed by atoms with Crippen molar-refractivity contribution < 1.29 is 14.8 Å². The lowest BCUT2D eigenvalue weighted by Crippen LogP contribution is -1.99. The van der Waals surface area contributed by atoms with Gasteiger partial charge in [-0.25, -0.2) is 4.79 Å². The van der Waals surface area contributed by atoms with Gasteiger partial charge in [0.15, 0.2) is 0 Å². The molecule has 5 nitrogen and oxygen atoms in total. The van der Waals surface area contributed by atoms with Gasteiger partial charge in [0, 0.05) is 16.3 Å². The number of carboxylic acid groups (broad SMARTS) is 1. The van der Waals surface area contributed by atoms with Crippen LogP contribution in [0.2, 0.25) is 0 Å². The molecule has 0 fully saturated rings. The van der Waals surface area contributed by atoms with Gasteiger partial charge in [0.05, 0.1) is 15.4 Å². The van der Waals surface area contributed by atoms with E-state index in [1.807, 2.05) is 24.3 Å². The number of hydrogen-bond donors (Lipinski definition) is 1. The molecule has 0 atom stereocenters. The van der Waals surface area contributed by atoms with Crippen molar-refractivity contribution in [3.63, 3.8) is 0 Å². The molecule has 0 aliphatic rings. The van der Waals surface area contributed by atoms with Gasteiger partial charge in [-0.3, -0.25) is 10.1 Å². The van der Waals surface area contributed by atoms with Gasteiger partial charge in [-0.1, -0.05) is 28.1 Å². The zero-order chi connectivity index (χ0) is 15.4. The first-order chi connectivity index (χ1) is 9.97. The number of thioether (sulfide) groups is 1. The zero-order valence-corrected chi connectivity index (χ0v) is 13.1. The van der Waals surface area contributed by atoms with Crippen LogP contribution in [-0.4, -0.2) is 16.0 Å². The molecule has 7 heteroatoms. The van der Waals surface area contributed by atoms with Crippen molar-refractivity contribution in [1.29, 1.82) is 0 Å². The van der Waals surface area contributed by atoms with Gasteiger partial charge < -0.3 is 5.11 Å². The number of benzene rings is 2. The van der Waals surface area contributed by atoms with E-state index in [9.17, 15) is 14.9 Å². The van der Waals surface area contributed by atoms with Crippen LogP contribution < -0.4 is 0 Å². The second kappa shape index (κ2) is 6.73. The minimum Gasteiger partial charge on any atom is -0.478 e. The molecule has 0 aliphatic heterocycles. The number of rotatable bonds is 5. The summed E-state index contributed by atoms with van der Waals surface area (Å²) >= 11 is 4.67. The van der Waals surface area contributed by atoms with E-state index in [0.717, 1.165) is 16.1 Å². The van der Waals surface area contributed by atoms with Gasteiger partial charge in [-0.2, -0.15) is 0 Å². The second-order valence-corrected chi connectivity index (χ2v) is 6.10. The predicted octanol–water partition coefficient (Wildman–Crippen LogP) is 4.35. The summed E-state index contributed by atoms with van der Waals surface area (Å²) in [6, 6.07) is 11.6. The predicted molar refractivity (Wildman–Crippen MR) is 83.8 cm³/mol. The van der Waals surface area contributed by atoms with Crippen LogP contribution in [-0.2, 0) is 5.75 Å². The Bertz CT molecular complexity index is 705. The molecule has 2 aromatic carbocycles. The van der Waals surface area contributed by atoms with Crippen molar-refractivity contribution in [3.8, 4) is 0 Å². The summed E-state index contributed by atoms with van der Waals surface area (Å²) in [4.78, 5) is 21.8. The number of hydrogen-bond acceptors (Lipinski definition) is 4. The number of halogens is 1. The lowest BCUT2D eigenvalue weighted by Gasteiger charge is -2.05. The van der Waals surface area contributed by atoms with E-state index in [-0.39, 0.29) is 11.3 Å².